The Kier molecular flexibility index (Phi) is 6.47. The first-order valence-corrected chi connectivity index (χ1v) is 11.2. The van der Waals surface area contributed by atoms with Gasteiger partial charge in [-0.3, -0.25) is 9.36 Å². The normalized spacial score (nSPS) is 14.8. The maximum absolute atomic E-state index is 12.4. The van der Waals surface area contributed by atoms with Crippen molar-refractivity contribution in [1.29, 1.82) is 0 Å². The summed E-state index contributed by atoms with van der Waals surface area (Å²) in [5.74, 6) is 1.43. The topological polar surface area (TPSA) is 73.0 Å². The number of halogens is 2. The highest BCUT2D eigenvalue weighted by molar-refractivity contribution is 7.99. The number of aromatic nitrogens is 3. The van der Waals surface area contributed by atoms with Gasteiger partial charge in [-0.25, -0.2) is 0 Å². The van der Waals surface area contributed by atoms with Crippen LogP contribution < -0.4 is 5.32 Å². The summed E-state index contributed by atoms with van der Waals surface area (Å²) in [7, 11) is 0. The average molecular weight is 451 g/mol. The third kappa shape index (κ3) is 4.79. The van der Waals surface area contributed by atoms with Gasteiger partial charge in [0.2, 0.25) is 11.7 Å². The lowest BCUT2D eigenvalue weighted by molar-refractivity contribution is -0.113. The molecule has 1 N–H and O–H groups in total. The molecule has 9 heteroatoms. The van der Waals surface area contributed by atoms with Gasteiger partial charge in [-0.05, 0) is 43.2 Å². The van der Waals surface area contributed by atoms with Crippen molar-refractivity contribution >= 4 is 46.6 Å². The number of nitrogens with zero attached hydrogens (tertiary/aromatic N) is 3. The molecule has 2 heterocycles. The summed E-state index contributed by atoms with van der Waals surface area (Å²) in [6.45, 7) is 0. The van der Waals surface area contributed by atoms with E-state index in [1.165, 1.54) is 31.0 Å². The summed E-state index contributed by atoms with van der Waals surface area (Å²) in [5, 5.41) is 13.2. The number of hydrogen-bond acceptors (Lipinski definition) is 5. The highest BCUT2D eigenvalue weighted by Gasteiger charge is 2.25. The van der Waals surface area contributed by atoms with E-state index in [9.17, 15) is 4.79 Å². The number of amides is 1. The molecule has 0 radical (unpaired) electrons. The predicted octanol–water partition coefficient (Wildman–Crippen LogP) is 6.08. The van der Waals surface area contributed by atoms with Crippen LogP contribution in [0.25, 0.3) is 11.6 Å². The molecule has 0 spiro atoms. The molecule has 1 aliphatic rings. The largest absolute Gasteiger partial charge is 0.461 e. The van der Waals surface area contributed by atoms with Gasteiger partial charge in [-0.1, -0.05) is 54.2 Å². The first-order chi connectivity index (χ1) is 14.1. The molecule has 1 amide bonds. The predicted molar refractivity (Wildman–Crippen MR) is 116 cm³/mol. The first-order valence-electron chi connectivity index (χ1n) is 9.48. The number of benzene rings is 1. The Bertz CT molecular complexity index is 985. The minimum atomic E-state index is -0.169. The Labute approximate surface area is 183 Å². The number of carbonyl (C=O) groups excluding carboxylic acids is 1. The molecule has 1 aromatic carbocycles. The lowest BCUT2D eigenvalue weighted by atomic mass is 9.95. The third-order valence-corrected chi connectivity index (χ3v) is 6.37. The Balaban J connectivity index is 1.50. The van der Waals surface area contributed by atoms with E-state index in [4.69, 9.17) is 27.6 Å². The van der Waals surface area contributed by atoms with Gasteiger partial charge < -0.3 is 9.73 Å². The first kappa shape index (κ1) is 20.3. The van der Waals surface area contributed by atoms with Crippen LogP contribution in [-0.4, -0.2) is 26.4 Å². The molecule has 3 aromatic rings. The zero-order chi connectivity index (χ0) is 20.2. The third-order valence-electron chi connectivity index (χ3n) is 4.88. The minimum Gasteiger partial charge on any atom is -0.461 e. The zero-order valence-corrected chi connectivity index (χ0v) is 17.9. The fourth-order valence-electron chi connectivity index (χ4n) is 3.52. The molecule has 29 heavy (non-hydrogen) atoms. The second kappa shape index (κ2) is 9.24. The van der Waals surface area contributed by atoms with E-state index in [0.717, 1.165) is 18.0 Å². The summed E-state index contributed by atoms with van der Waals surface area (Å²) in [4.78, 5) is 12.4. The van der Waals surface area contributed by atoms with Gasteiger partial charge in [0.1, 0.15) is 0 Å². The van der Waals surface area contributed by atoms with Crippen LogP contribution in [0.4, 0.5) is 5.69 Å². The monoisotopic (exact) mass is 450 g/mol. The van der Waals surface area contributed by atoms with Crippen LogP contribution in [0.15, 0.2) is 46.2 Å². The fourth-order valence-corrected chi connectivity index (χ4v) is 4.79. The van der Waals surface area contributed by atoms with Crippen molar-refractivity contribution in [3.05, 3.63) is 46.6 Å². The second-order valence-corrected chi connectivity index (χ2v) is 8.69. The molecule has 4 rings (SSSR count). The molecule has 0 unspecified atom stereocenters. The van der Waals surface area contributed by atoms with Crippen molar-refractivity contribution in [1.82, 2.24) is 14.8 Å². The molecular weight excluding hydrogens is 431 g/mol. The molecule has 0 bridgehead atoms. The summed E-state index contributed by atoms with van der Waals surface area (Å²) in [5.41, 5.74) is 0.534. The summed E-state index contributed by atoms with van der Waals surface area (Å²) in [6, 6.07) is 9.01. The van der Waals surface area contributed by atoms with E-state index in [2.05, 4.69) is 20.1 Å². The molecule has 1 aliphatic carbocycles. The molecule has 0 saturated heterocycles. The number of anilines is 1. The quantitative estimate of drug-likeness (QED) is 0.460. The number of nitrogens with one attached hydrogen (secondary N) is 1. The van der Waals surface area contributed by atoms with Gasteiger partial charge in [0.05, 0.1) is 22.7 Å². The van der Waals surface area contributed by atoms with Crippen LogP contribution >= 0.6 is 35.0 Å². The molecule has 1 fully saturated rings. The van der Waals surface area contributed by atoms with E-state index in [1.807, 2.05) is 12.1 Å². The second-order valence-electron chi connectivity index (χ2n) is 6.91. The van der Waals surface area contributed by atoms with Crippen molar-refractivity contribution in [3.63, 3.8) is 0 Å². The van der Waals surface area contributed by atoms with Gasteiger partial charge in [0.25, 0.3) is 0 Å². The number of furan rings is 1. The van der Waals surface area contributed by atoms with Crippen molar-refractivity contribution in [2.45, 2.75) is 43.3 Å². The van der Waals surface area contributed by atoms with Crippen LogP contribution in [0.3, 0.4) is 0 Å². The Morgan fingerprint density at radius 2 is 2.03 bits per heavy atom. The van der Waals surface area contributed by atoms with Crippen LogP contribution in [0.1, 0.15) is 38.1 Å². The van der Waals surface area contributed by atoms with Crippen LogP contribution in [0.2, 0.25) is 10.0 Å². The molecule has 1 saturated carbocycles. The van der Waals surface area contributed by atoms with Gasteiger partial charge in [0.15, 0.2) is 10.9 Å². The van der Waals surface area contributed by atoms with E-state index in [0.29, 0.717) is 33.4 Å². The van der Waals surface area contributed by atoms with Gasteiger partial charge in [0, 0.05) is 11.1 Å². The SMILES string of the molecule is O=C(CSc1nnc(-c2ccco2)n1C1CCCCC1)Nc1ccc(Cl)cc1Cl. The molecule has 0 atom stereocenters. The number of carbonyl (C=O) groups is 1. The smallest absolute Gasteiger partial charge is 0.234 e. The van der Waals surface area contributed by atoms with Crippen molar-refractivity contribution in [2.75, 3.05) is 11.1 Å². The zero-order valence-electron chi connectivity index (χ0n) is 15.6. The molecule has 152 valence electrons. The van der Waals surface area contributed by atoms with E-state index < -0.39 is 0 Å². The average Bonchev–Trinajstić information content (AvgIpc) is 3.38. The van der Waals surface area contributed by atoms with E-state index in [1.54, 1.807) is 24.5 Å². The molecule has 0 aliphatic heterocycles. The molecule has 2 aromatic heterocycles. The molecule has 6 nitrogen and oxygen atoms in total. The standard InChI is InChI=1S/C20H20Cl2N4O2S/c21-13-8-9-16(15(22)11-13)23-18(27)12-29-20-25-24-19(17-7-4-10-28-17)26(20)14-5-2-1-3-6-14/h4,7-11,14H,1-3,5-6,12H2,(H,23,27). The van der Waals surface area contributed by atoms with Crippen LogP contribution in [0.5, 0.6) is 0 Å². The highest BCUT2D eigenvalue weighted by atomic mass is 35.5. The van der Waals surface area contributed by atoms with Crippen molar-refractivity contribution in [2.24, 2.45) is 0 Å². The van der Waals surface area contributed by atoms with Gasteiger partial charge >= 0.3 is 0 Å². The summed E-state index contributed by atoms with van der Waals surface area (Å²) < 4.78 is 7.68. The van der Waals surface area contributed by atoms with Gasteiger partial charge in [-0.2, -0.15) is 0 Å². The lowest BCUT2D eigenvalue weighted by Gasteiger charge is -2.25. The Morgan fingerprint density at radius 3 is 2.76 bits per heavy atom. The minimum absolute atomic E-state index is 0.169. The number of thioether (sulfide) groups is 1. The summed E-state index contributed by atoms with van der Waals surface area (Å²) in [6.07, 6.45) is 7.39. The van der Waals surface area contributed by atoms with E-state index >= 15 is 0 Å². The molecular formula is C20H20Cl2N4O2S. The van der Waals surface area contributed by atoms with Crippen LogP contribution in [0, 0.1) is 0 Å². The maximum atomic E-state index is 12.4. The number of hydrogen-bond donors (Lipinski definition) is 1. The lowest BCUT2D eigenvalue weighted by Crippen LogP contribution is -2.17. The maximum Gasteiger partial charge on any atom is 0.234 e. The van der Waals surface area contributed by atoms with Gasteiger partial charge in [-0.15, -0.1) is 10.2 Å². The Morgan fingerprint density at radius 1 is 1.21 bits per heavy atom. The van der Waals surface area contributed by atoms with Crippen molar-refractivity contribution < 1.29 is 9.21 Å². The van der Waals surface area contributed by atoms with Crippen molar-refractivity contribution in [3.8, 4) is 11.6 Å². The fraction of sp³-hybridized carbons (Fsp3) is 0.350. The summed E-state index contributed by atoms with van der Waals surface area (Å²) >= 11 is 13.4. The van der Waals surface area contributed by atoms with E-state index in [-0.39, 0.29) is 11.7 Å². The highest BCUT2D eigenvalue weighted by Crippen LogP contribution is 2.35. The number of rotatable bonds is 6. The Hall–Kier alpha value is -1.96. The van der Waals surface area contributed by atoms with Crippen LogP contribution in [-0.2, 0) is 4.79 Å².